The smallest absolute Gasteiger partial charge is 0.341 e. The summed E-state index contributed by atoms with van der Waals surface area (Å²) in [4.78, 5) is 11.3. The molecule has 2 rings (SSSR count). The molecular formula is C13H21N3O2. The molecule has 3 unspecified atom stereocenters. The average molecular weight is 251 g/mol. The van der Waals surface area contributed by atoms with Gasteiger partial charge in [0.25, 0.3) is 0 Å². The Balaban J connectivity index is 2.26. The first-order valence-electron chi connectivity index (χ1n) is 6.45. The molecule has 1 aromatic rings. The topological polar surface area (TPSA) is 67.2 Å². The zero-order valence-electron chi connectivity index (χ0n) is 11.4. The number of aromatic nitrogens is 2. The summed E-state index contributed by atoms with van der Waals surface area (Å²) in [7, 11) is 1.78. The molecule has 1 aromatic heterocycles. The molecule has 0 radical (unpaired) electrons. The molecule has 0 aromatic carbocycles. The highest BCUT2D eigenvalue weighted by atomic mass is 16.4. The van der Waals surface area contributed by atoms with Gasteiger partial charge in [-0.05, 0) is 31.6 Å². The molecule has 100 valence electrons. The van der Waals surface area contributed by atoms with Crippen molar-refractivity contribution in [3.8, 4) is 0 Å². The van der Waals surface area contributed by atoms with Gasteiger partial charge in [-0.15, -0.1) is 0 Å². The second kappa shape index (κ2) is 4.63. The second-order valence-electron chi connectivity index (χ2n) is 5.40. The predicted molar refractivity (Wildman–Crippen MR) is 69.9 cm³/mol. The summed E-state index contributed by atoms with van der Waals surface area (Å²) in [6.07, 6.45) is 2.28. The molecule has 1 aliphatic rings. The van der Waals surface area contributed by atoms with E-state index in [9.17, 15) is 9.90 Å². The van der Waals surface area contributed by atoms with Crippen LogP contribution in [0.5, 0.6) is 0 Å². The molecule has 1 aliphatic carbocycles. The van der Waals surface area contributed by atoms with Crippen LogP contribution in [0, 0.1) is 18.8 Å². The van der Waals surface area contributed by atoms with Gasteiger partial charge >= 0.3 is 5.97 Å². The molecule has 0 spiro atoms. The van der Waals surface area contributed by atoms with Crippen LogP contribution < -0.4 is 5.32 Å². The maximum absolute atomic E-state index is 11.3. The van der Waals surface area contributed by atoms with Crippen LogP contribution in [0.2, 0.25) is 0 Å². The number of nitrogens with zero attached hydrogens (tertiary/aromatic N) is 2. The molecule has 1 fully saturated rings. The molecule has 5 heteroatoms. The Hall–Kier alpha value is -1.52. The highest BCUT2D eigenvalue weighted by molar-refractivity contribution is 5.94. The maximum atomic E-state index is 11.3. The molecule has 18 heavy (non-hydrogen) atoms. The van der Waals surface area contributed by atoms with Crippen LogP contribution in [0.25, 0.3) is 0 Å². The van der Waals surface area contributed by atoms with Crippen LogP contribution in [0.3, 0.4) is 0 Å². The first-order chi connectivity index (χ1) is 8.41. The largest absolute Gasteiger partial charge is 0.477 e. The molecular weight excluding hydrogens is 230 g/mol. The SMILES string of the molecule is Cc1nn(C)c(NC2CCC(C)C2C)c1C(=O)O. The maximum Gasteiger partial charge on any atom is 0.341 e. The number of hydrogen-bond acceptors (Lipinski definition) is 3. The van der Waals surface area contributed by atoms with Crippen molar-refractivity contribution in [2.45, 2.75) is 39.7 Å². The first kappa shape index (κ1) is 12.9. The Labute approximate surface area is 107 Å². The van der Waals surface area contributed by atoms with Crippen molar-refractivity contribution in [3.63, 3.8) is 0 Å². The molecule has 0 bridgehead atoms. The van der Waals surface area contributed by atoms with Gasteiger partial charge in [-0.1, -0.05) is 13.8 Å². The minimum Gasteiger partial charge on any atom is -0.477 e. The summed E-state index contributed by atoms with van der Waals surface area (Å²) in [5, 5.41) is 16.8. The zero-order chi connectivity index (χ0) is 13.4. The highest BCUT2D eigenvalue weighted by Crippen LogP contribution is 2.34. The van der Waals surface area contributed by atoms with E-state index in [1.54, 1.807) is 18.7 Å². The van der Waals surface area contributed by atoms with Gasteiger partial charge < -0.3 is 10.4 Å². The first-order valence-corrected chi connectivity index (χ1v) is 6.45. The number of aryl methyl sites for hydroxylation is 2. The Morgan fingerprint density at radius 3 is 2.61 bits per heavy atom. The van der Waals surface area contributed by atoms with Gasteiger partial charge in [-0.25, -0.2) is 4.79 Å². The van der Waals surface area contributed by atoms with Gasteiger partial charge in [0, 0.05) is 13.1 Å². The van der Waals surface area contributed by atoms with Crippen molar-refractivity contribution >= 4 is 11.8 Å². The average Bonchev–Trinajstić information content (AvgIpc) is 2.73. The van der Waals surface area contributed by atoms with Crippen molar-refractivity contribution in [1.29, 1.82) is 0 Å². The van der Waals surface area contributed by atoms with E-state index in [2.05, 4.69) is 24.3 Å². The second-order valence-corrected chi connectivity index (χ2v) is 5.40. The van der Waals surface area contributed by atoms with Gasteiger partial charge in [0.05, 0.1) is 5.69 Å². The minimum atomic E-state index is -0.915. The summed E-state index contributed by atoms with van der Waals surface area (Å²) < 4.78 is 1.63. The monoisotopic (exact) mass is 251 g/mol. The fourth-order valence-electron chi connectivity index (χ4n) is 2.82. The van der Waals surface area contributed by atoms with E-state index in [1.165, 1.54) is 6.42 Å². The predicted octanol–water partition coefficient (Wildman–Crippen LogP) is 2.27. The van der Waals surface area contributed by atoms with E-state index in [0.29, 0.717) is 35.0 Å². The van der Waals surface area contributed by atoms with Crippen LogP contribution in [0.15, 0.2) is 0 Å². The normalized spacial score (nSPS) is 27.4. The molecule has 0 amide bonds. The summed E-state index contributed by atoms with van der Waals surface area (Å²) >= 11 is 0. The van der Waals surface area contributed by atoms with Crippen LogP contribution in [0.4, 0.5) is 5.82 Å². The van der Waals surface area contributed by atoms with Crippen molar-refractivity contribution in [2.75, 3.05) is 5.32 Å². The number of rotatable bonds is 3. The van der Waals surface area contributed by atoms with Gasteiger partial charge in [-0.2, -0.15) is 5.10 Å². The minimum absolute atomic E-state index is 0.296. The van der Waals surface area contributed by atoms with Gasteiger partial charge in [-0.3, -0.25) is 4.68 Å². The van der Waals surface area contributed by atoms with Crippen molar-refractivity contribution in [1.82, 2.24) is 9.78 Å². The summed E-state index contributed by atoms with van der Waals surface area (Å²) in [6, 6.07) is 0.341. The Kier molecular flexibility index (Phi) is 3.32. The van der Waals surface area contributed by atoms with Crippen LogP contribution in [-0.2, 0) is 7.05 Å². The lowest BCUT2D eigenvalue weighted by Crippen LogP contribution is -2.26. The number of carboxylic acids is 1. The third-order valence-corrected chi connectivity index (χ3v) is 4.22. The standard InChI is InChI=1S/C13H21N3O2/c1-7-5-6-10(8(7)2)14-12-11(13(17)18)9(3)15-16(12)4/h7-8,10,14H,5-6H2,1-4H3,(H,17,18). The summed E-state index contributed by atoms with van der Waals surface area (Å²) in [5.41, 5.74) is 0.857. The molecule has 1 heterocycles. The molecule has 2 N–H and O–H groups in total. The van der Waals surface area contributed by atoms with E-state index in [4.69, 9.17) is 0 Å². The molecule has 1 saturated carbocycles. The van der Waals surface area contributed by atoms with Gasteiger partial charge in [0.2, 0.25) is 0 Å². The highest BCUT2D eigenvalue weighted by Gasteiger charge is 2.31. The quantitative estimate of drug-likeness (QED) is 0.864. The van der Waals surface area contributed by atoms with E-state index >= 15 is 0 Å². The Bertz CT molecular complexity index is 467. The lowest BCUT2D eigenvalue weighted by atomic mass is 9.98. The number of aromatic carboxylic acids is 1. The molecule has 5 nitrogen and oxygen atoms in total. The molecule has 3 atom stereocenters. The number of carbonyl (C=O) groups is 1. The van der Waals surface area contributed by atoms with E-state index in [-0.39, 0.29) is 0 Å². The number of carboxylic acid groups (broad SMARTS) is 1. The summed E-state index contributed by atoms with van der Waals surface area (Å²) in [5.74, 6) is 0.958. The third kappa shape index (κ3) is 2.09. The number of hydrogen-bond donors (Lipinski definition) is 2. The lowest BCUT2D eigenvalue weighted by Gasteiger charge is -2.21. The third-order valence-electron chi connectivity index (χ3n) is 4.22. The van der Waals surface area contributed by atoms with Crippen LogP contribution in [-0.4, -0.2) is 26.9 Å². The number of anilines is 1. The van der Waals surface area contributed by atoms with Crippen LogP contribution in [0.1, 0.15) is 42.7 Å². The van der Waals surface area contributed by atoms with Crippen molar-refractivity contribution in [3.05, 3.63) is 11.3 Å². The van der Waals surface area contributed by atoms with Crippen LogP contribution >= 0.6 is 0 Å². The number of nitrogens with one attached hydrogen (secondary N) is 1. The zero-order valence-corrected chi connectivity index (χ0v) is 11.4. The van der Waals surface area contributed by atoms with E-state index in [0.717, 1.165) is 6.42 Å². The fourth-order valence-corrected chi connectivity index (χ4v) is 2.82. The Morgan fingerprint density at radius 2 is 2.11 bits per heavy atom. The lowest BCUT2D eigenvalue weighted by molar-refractivity contribution is 0.0697. The van der Waals surface area contributed by atoms with Crippen molar-refractivity contribution in [2.24, 2.45) is 18.9 Å². The molecule has 0 saturated heterocycles. The van der Waals surface area contributed by atoms with Gasteiger partial charge in [0.15, 0.2) is 0 Å². The fraction of sp³-hybridized carbons (Fsp3) is 0.692. The summed E-state index contributed by atoms with van der Waals surface area (Å²) in [6.45, 7) is 6.20. The van der Waals surface area contributed by atoms with E-state index in [1.807, 2.05) is 0 Å². The molecule has 0 aliphatic heterocycles. The van der Waals surface area contributed by atoms with Crippen molar-refractivity contribution < 1.29 is 9.90 Å². The Morgan fingerprint density at radius 1 is 1.44 bits per heavy atom. The van der Waals surface area contributed by atoms with E-state index < -0.39 is 5.97 Å². The van der Waals surface area contributed by atoms with Gasteiger partial charge in [0.1, 0.15) is 11.4 Å².